The molecule has 0 aliphatic carbocycles. The number of benzene rings is 1. The van der Waals surface area contributed by atoms with Gasteiger partial charge in [-0.25, -0.2) is 14.4 Å². The van der Waals surface area contributed by atoms with E-state index in [-0.39, 0.29) is 5.02 Å². The van der Waals surface area contributed by atoms with Crippen molar-refractivity contribution >= 4 is 33.5 Å². The summed E-state index contributed by atoms with van der Waals surface area (Å²) in [5, 5.41) is 10.8. The zero-order valence-electron chi connectivity index (χ0n) is 11.6. The lowest BCUT2D eigenvalue weighted by Crippen LogP contribution is -1.84. The Labute approximate surface area is 135 Å². The smallest absolute Gasteiger partial charge is 0.141 e. The van der Waals surface area contributed by atoms with Gasteiger partial charge in [-0.15, -0.1) is 0 Å². The average Bonchev–Trinajstić information content (AvgIpc) is 2.94. The maximum absolute atomic E-state index is 13.3. The molecular formula is C17H8ClFN4. The number of nitrogens with zero attached hydrogens (tertiary/aromatic N) is 3. The second kappa shape index (κ2) is 5.04. The fraction of sp³-hybridized carbons (Fsp3) is 0. The van der Waals surface area contributed by atoms with Gasteiger partial charge in [-0.05, 0) is 29.8 Å². The number of nitriles is 1. The van der Waals surface area contributed by atoms with Gasteiger partial charge in [0.2, 0.25) is 0 Å². The lowest BCUT2D eigenvalue weighted by atomic mass is 10.1. The number of aromatic amines is 1. The van der Waals surface area contributed by atoms with Gasteiger partial charge in [0.1, 0.15) is 23.2 Å². The number of pyridine rings is 2. The second-order valence-electron chi connectivity index (χ2n) is 5.10. The van der Waals surface area contributed by atoms with Gasteiger partial charge in [0.25, 0.3) is 0 Å². The normalized spacial score (nSPS) is 11.0. The standard InChI is InChI=1S/C17H8ClFN4/c18-14-4-9(1-2-15(14)19)10-3-13-12-5-11(6-20)21-8-16(12)23-17(13)22-7-10/h1-5,7-8H,(H,22,23). The number of H-pyrrole nitrogens is 1. The molecule has 0 amide bonds. The number of nitrogens with one attached hydrogen (secondary N) is 1. The second-order valence-corrected chi connectivity index (χ2v) is 5.51. The van der Waals surface area contributed by atoms with Crippen LogP contribution in [0.4, 0.5) is 4.39 Å². The molecule has 0 fully saturated rings. The number of halogens is 2. The maximum Gasteiger partial charge on any atom is 0.141 e. The van der Waals surface area contributed by atoms with Gasteiger partial charge in [-0.2, -0.15) is 5.26 Å². The quantitative estimate of drug-likeness (QED) is 0.563. The van der Waals surface area contributed by atoms with E-state index in [1.807, 2.05) is 12.1 Å². The minimum Gasteiger partial charge on any atom is -0.338 e. The van der Waals surface area contributed by atoms with E-state index in [0.29, 0.717) is 11.3 Å². The van der Waals surface area contributed by atoms with E-state index >= 15 is 0 Å². The van der Waals surface area contributed by atoms with Crippen molar-refractivity contribution in [1.29, 1.82) is 5.26 Å². The van der Waals surface area contributed by atoms with Crippen molar-refractivity contribution in [2.45, 2.75) is 0 Å². The highest BCUT2D eigenvalue weighted by atomic mass is 35.5. The van der Waals surface area contributed by atoms with Crippen LogP contribution in [0.2, 0.25) is 5.02 Å². The van der Waals surface area contributed by atoms with Crippen LogP contribution in [0, 0.1) is 17.1 Å². The number of aromatic nitrogens is 3. The SMILES string of the molecule is N#Cc1cc2c(cn1)[nH]c1ncc(-c3ccc(F)c(Cl)c3)cc12. The van der Waals surface area contributed by atoms with Crippen LogP contribution in [-0.2, 0) is 0 Å². The molecule has 4 aromatic rings. The highest BCUT2D eigenvalue weighted by molar-refractivity contribution is 6.31. The molecule has 1 aromatic carbocycles. The maximum atomic E-state index is 13.3. The first kappa shape index (κ1) is 13.7. The highest BCUT2D eigenvalue weighted by Gasteiger charge is 2.10. The Morgan fingerprint density at radius 3 is 2.70 bits per heavy atom. The molecule has 110 valence electrons. The van der Waals surface area contributed by atoms with Crippen molar-refractivity contribution < 1.29 is 4.39 Å². The fourth-order valence-corrected chi connectivity index (χ4v) is 2.75. The summed E-state index contributed by atoms with van der Waals surface area (Å²) in [4.78, 5) is 11.6. The minimum atomic E-state index is -0.457. The molecule has 0 radical (unpaired) electrons. The summed E-state index contributed by atoms with van der Waals surface area (Å²) in [5.41, 5.74) is 3.44. The lowest BCUT2D eigenvalue weighted by Gasteiger charge is -2.03. The first-order valence-corrected chi connectivity index (χ1v) is 7.16. The summed E-state index contributed by atoms with van der Waals surface area (Å²) in [6, 6.07) is 10.2. The molecule has 3 heterocycles. The summed E-state index contributed by atoms with van der Waals surface area (Å²) in [7, 11) is 0. The van der Waals surface area contributed by atoms with Crippen LogP contribution in [0.1, 0.15) is 5.69 Å². The molecule has 4 rings (SSSR count). The molecule has 23 heavy (non-hydrogen) atoms. The molecule has 6 heteroatoms. The lowest BCUT2D eigenvalue weighted by molar-refractivity contribution is 0.628. The van der Waals surface area contributed by atoms with E-state index in [4.69, 9.17) is 16.9 Å². The van der Waals surface area contributed by atoms with E-state index in [1.165, 1.54) is 6.07 Å². The summed E-state index contributed by atoms with van der Waals surface area (Å²) in [6.45, 7) is 0. The number of hydrogen-bond acceptors (Lipinski definition) is 3. The summed E-state index contributed by atoms with van der Waals surface area (Å²) in [6.07, 6.45) is 3.31. The molecule has 0 saturated heterocycles. The Kier molecular flexibility index (Phi) is 3.00. The van der Waals surface area contributed by atoms with Crippen LogP contribution in [0.15, 0.2) is 42.7 Å². The molecule has 1 N–H and O–H groups in total. The zero-order chi connectivity index (χ0) is 16.0. The molecule has 0 saturated carbocycles. The molecule has 0 aliphatic heterocycles. The van der Waals surface area contributed by atoms with Crippen LogP contribution in [0.5, 0.6) is 0 Å². The third-order valence-corrected chi connectivity index (χ3v) is 3.99. The fourth-order valence-electron chi connectivity index (χ4n) is 2.57. The average molecular weight is 323 g/mol. The third kappa shape index (κ3) is 2.20. The molecule has 0 atom stereocenters. The monoisotopic (exact) mass is 322 g/mol. The zero-order valence-corrected chi connectivity index (χ0v) is 12.4. The predicted molar refractivity (Wildman–Crippen MR) is 86.5 cm³/mol. The first-order chi connectivity index (χ1) is 11.2. The van der Waals surface area contributed by atoms with E-state index in [0.717, 1.165) is 27.4 Å². The minimum absolute atomic E-state index is 0.0671. The van der Waals surface area contributed by atoms with Crippen molar-refractivity contribution in [1.82, 2.24) is 15.0 Å². The van der Waals surface area contributed by atoms with E-state index in [2.05, 4.69) is 15.0 Å². The van der Waals surface area contributed by atoms with Gasteiger partial charge in [-0.3, -0.25) is 0 Å². The van der Waals surface area contributed by atoms with Gasteiger partial charge in [0.05, 0.1) is 16.7 Å². The Bertz CT molecular complexity index is 1110. The molecule has 3 aromatic heterocycles. The van der Waals surface area contributed by atoms with Gasteiger partial charge in [-0.1, -0.05) is 17.7 Å². The van der Waals surface area contributed by atoms with Crippen molar-refractivity contribution in [2.75, 3.05) is 0 Å². The Morgan fingerprint density at radius 1 is 1.04 bits per heavy atom. The van der Waals surface area contributed by atoms with Crippen molar-refractivity contribution in [2.24, 2.45) is 0 Å². The van der Waals surface area contributed by atoms with Gasteiger partial charge in [0.15, 0.2) is 0 Å². The highest BCUT2D eigenvalue weighted by Crippen LogP contribution is 2.30. The molecule has 4 nitrogen and oxygen atoms in total. The van der Waals surface area contributed by atoms with Crippen LogP contribution in [0.3, 0.4) is 0 Å². The molecular weight excluding hydrogens is 315 g/mol. The summed E-state index contributed by atoms with van der Waals surface area (Å²) in [5.74, 6) is -0.457. The molecule has 0 unspecified atom stereocenters. The van der Waals surface area contributed by atoms with Gasteiger partial charge >= 0.3 is 0 Å². The molecule has 0 bridgehead atoms. The summed E-state index contributed by atoms with van der Waals surface area (Å²) >= 11 is 5.85. The Hall–Kier alpha value is -2.97. The number of rotatable bonds is 1. The van der Waals surface area contributed by atoms with E-state index in [9.17, 15) is 4.39 Å². The number of fused-ring (bicyclic) bond motifs is 3. The van der Waals surface area contributed by atoms with Crippen molar-refractivity contribution in [3.05, 3.63) is 59.3 Å². The number of hydrogen-bond donors (Lipinski definition) is 1. The predicted octanol–water partition coefficient (Wildman–Crippen LogP) is 4.44. The van der Waals surface area contributed by atoms with E-state index in [1.54, 1.807) is 30.6 Å². The van der Waals surface area contributed by atoms with Crippen LogP contribution in [0.25, 0.3) is 33.1 Å². The Balaban J connectivity index is 1.97. The van der Waals surface area contributed by atoms with Crippen LogP contribution in [-0.4, -0.2) is 15.0 Å². The van der Waals surface area contributed by atoms with Crippen molar-refractivity contribution in [3.63, 3.8) is 0 Å². The van der Waals surface area contributed by atoms with Gasteiger partial charge < -0.3 is 4.98 Å². The first-order valence-electron chi connectivity index (χ1n) is 6.79. The van der Waals surface area contributed by atoms with Crippen molar-refractivity contribution in [3.8, 4) is 17.2 Å². The summed E-state index contributed by atoms with van der Waals surface area (Å²) < 4.78 is 13.3. The molecule has 0 aliphatic rings. The Morgan fingerprint density at radius 2 is 1.91 bits per heavy atom. The third-order valence-electron chi connectivity index (χ3n) is 3.70. The van der Waals surface area contributed by atoms with Crippen LogP contribution >= 0.6 is 11.6 Å². The molecule has 0 spiro atoms. The topological polar surface area (TPSA) is 65.4 Å². The largest absolute Gasteiger partial charge is 0.338 e. The van der Waals surface area contributed by atoms with Gasteiger partial charge in [0, 0.05) is 22.5 Å². The van der Waals surface area contributed by atoms with E-state index < -0.39 is 5.82 Å². The van der Waals surface area contributed by atoms with Crippen LogP contribution < -0.4 is 0 Å².